The highest BCUT2D eigenvalue weighted by Gasteiger charge is 2.21. The molecule has 0 aliphatic heterocycles. The van der Waals surface area contributed by atoms with Crippen molar-refractivity contribution in [3.8, 4) is 5.75 Å². The van der Waals surface area contributed by atoms with Crippen molar-refractivity contribution in [2.45, 2.75) is 26.2 Å². The summed E-state index contributed by atoms with van der Waals surface area (Å²) >= 11 is 0. The zero-order chi connectivity index (χ0) is 11.8. The van der Waals surface area contributed by atoms with Crippen LogP contribution in [-0.4, -0.2) is 16.2 Å². The highest BCUT2D eigenvalue weighted by Crippen LogP contribution is 2.29. The molecule has 0 amide bonds. The minimum Gasteiger partial charge on any atom is -0.507 e. The third-order valence-corrected chi connectivity index (χ3v) is 2.15. The summed E-state index contributed by atoms with van der Waals surface area (Å²) in [5.74, 6) is -2.91. The van der Waals surface area contributed by atoms with Crippen LogP contribution in [-0.2, 0) is 5.41 Å². The van der Waals surface area contributed by atoms with Gasteiger partial charge in [0.15, 0.2) is 0 Å². The standard InChI is InChI=1S/C11H13FO3/c1-11(2,3)6-4-7(12)9(10(14)15)8(13)5-6/h4-5,13H,1-3H3,(H,14,15). The molecule has 0 radical (unpaired) electrons. The second-order valence-corrected chi connectivity index (χ2v) is 4.41. The van der Waals surface area contributed by atoms with Gasteiger partial charge in [0, 0.05) is 0 Å². The molecule has 4 heteroatoms. The lowest BCUT2D eigenvalue weighted by atomic mass is 9.86. The van der Waals surface area contributed by atoms with Gasteiger partial charge in [-0.05, 0) is 23.1 Å². The minimum absolute atomic E-state index is 0.338. The molecular formula is C11H13FO3. The quantitative estimate of drug-likeness (QED) is 0.752. The summed E-state index contributed by atoms with van der Waals surface area (Å²) in [4.78, 5) is 10.6. The fourth-order valence-corrected chi connectivity index (χ4v) is 1.24. The molecule has 0 unspecified atom stereocenters. The van der Waals surface area contributed by atoms with Crippen LogP contribution in [0.15, 0.2) is 12.1 Å². The summed E-state index contributed by atoms with van der Waals surface area (Å²) in [7, 11) is 0. The van der Waals surface area contributed by atoms with Crippen LogP contribution in [0.2, 0.25) is 0 Å². The maximum absolute atomic E-state index is 13.4. The molecule has 0 fully saturated rings. The summed E-state index contributed by atoms with van der Waals surface area (Å²) < 4.78 is 13.4. The number of aromatic carboxylic acids is 1. The lowest BCUT2D eigenvalue weighted by Gasteiger charge is -2.19. The molecule has 0 aromatic heterocycles. The molecule has 0 saturated carbocycles. The average molecular weight is 212 g/mol. The highest BCUT2D eigenvalue weighted by molar-refractivity contribution is 5.91. The summed E-state index contributed by atoms with van der Waals surface area (Å²) in [5, 5.41) is 18.0. The van der Waals surface area contributed by atoms with Crippen LogP contribution in [0, 0.1) is 5.82 Å². The zero-order valence-corrected chi connectivity index (χ0v) is 8.84. The lowest BCUT2D eigenvalue weighted by molar-refractivity contribution is 0.0688. The van der Waals surface area contributed by atoms with Gasteiger partial charge < -0.3 is 10.2 Å². The Hall–Kier alpha value is -1.58. The number of carboxylic acids is 1. The largest absolute Gasteiger partial charge is 0.507 e. The minimum atomic E-state index is -1.47. The third-order valence-electron chi connectivity index (χ3n) is 2.15. The Morgan fingerprint density at radius 1 is 1.33 bits per heavy atom. The normalized spacial score (nSPS) is 11.5. The van der Waals surface area contributed by atoms with Gasteiger partial charge in [0.2, 0.25) is 0 Å². The van der Waals surface area contributed by atoms with Crippen molar-refractivity contribution < 1.29 is 19.4 Å². The molecule has 0 atom stereocenters. The van der Waals surface area contributed by atoms with Crippen LogP contribution in [0.5, 0.6) is 5.75 Å². The highest BCUT2D eigenvalue weighted by atomic mass is 19.1. The van der Waals surface area contributed by atoms with Gasteiger partial charge in [0.1, 0.15) is 17.1 Å². The average Bonchev–Trinajstić information content (AvgIpc) is 1.99. The van der Waals surface area contributed by atoms with E-state index in [1.807, 2.05) is 20.8 Å². The van der Waals surface area contributed by atoms with E-state index < -0.39 is 23.1 Å². The number of benzene rings is 1. The maximum atomic E-state index is 13.4. The lowest BCUT2D eigenvalue weighted by Crippen LogP contribution is -2.13. The van der Waals surface area contributed by atoms with Crippen molar-refractivity contribution in [2.24, 2.45) is 0 Å². The first-order valence-electron chi connectivity index (χ1n) is 4.50. The van der Waals surface area contributed by atoms with Gasteiger partial charge in [-0.2, -0.15) is 0 Å². The maximum Gasteiger partial charge on any atom is 0.342 e. The first-order valence-corrected chi connectivity index (χ1v) is 4.50. The number of rotatable bonds is 1. The Morgan fingerprint density at radius 3 is 2.20 bits per heavy atom. The van der Waals surface area contributed by atoms with Crippen molar-refractivity contribution in [2.75, 3.05) is 0 Å². The van der Waals surface area contributed by atoms with E-state index in [4.69, 9.17) is 5.11 Å². The topological polar surface area (TPSA) is 57.5 Å². The molecule has 1 rings (SSSR count). The van der Waals surface area contributed by atoms with Crippen LogP contribution in [0.25, 0.3) is 0 Å². The molecule has 0 heterocycles. The van der Waals surface area contributed by atoms with Crippen LogP contribution in [0.4, 0.5) is 4.39 Å². The third kappa shape index (κ3) is 2.26. The van der Waals surface area contributed by atoms with Crippen molar-refractivity contribution in [3.05, 3.63) is 29.1 Å². The molecule has 82 valence electrons. The van der Waals surface area contributed by atoms with E-state index >= 15 is 0 Å². The summed E-state index contributed by atoms with van der Waals surface area (Å²) in [5.41, 5.74) is -0.458. The Labute approximate surface area is 87.2 Å². The number of aromatic hydroxyl groups is 1. The molecule has 2 N–H and O–H groups in total. The summed E-state index contributed by atoms with van der Waals surface area (Å²) in [6, 6.07) is 2.43. The second-order valence-electron chi connectivity index (χ2n) is 4.41. The molecule has 0 aliphatic carbocycles. The predicted molar refractivity (Wildman–Crippen MR) is 53.7 cm³/mol. The predicted octanol–water partition coefficient (Wildman–Crippen LogP) is 2.53. The van der Waals surface area contributed by atoms with Crippen LogP contribution in [0.3, 0.4) is 0 Å². The van der Waals surface area contributed by atoms with Crippen LogP contribution >= 0.6 is 0 Å². The van der Waals surface area contributed by atoms with Gasteiger partial charge in [-0.1, -0.05) is 20.8 Å². The van der Waals surface area contributed by atoms with Gasteiger partial charge >= 0.3 is 5.97 Å². The van der Waals surface area contributed by atoms with Gasteiger partial charge in [-0.3, -0.25) is 0 Å². The van der Waals surface area contributed by atoms with E-state index in [2.05, 4.69) is 0 Å². The van der Waals surface area contributed by atoms with Gasteiger partial charge in [-0.15, -0.1) is 0 Å². The van der Waals surface area contributed by atoms with E-state index in [-0.39, 0.29) is 5.41 Å². The molecule has 0 bridgehead atoms. The van der Waals surface area contributed by atoms with Crippen molar-refractivity contribution in [1.82, 2.24) is 0 Å². The fourth-order valence-electron chi connectivity index (χ4n) is 1.24. The molecule has 1 aromatic carbocycles. The first-order chi connectivity index (χ1) is 6.73. The molecular weight excluding hydrogens is 199 g/mol. The van der Waals surface area contributed by atoms with Gasteiger partial charge in [0.05, 0.1) is 0 Å². The van der Waals surface area contributed by atoms with E-state index in [1.165, 1.54) is 6.07 Å². The second kappa shape index (κ2) is 3.53. The van der Waals surface area contributed by atoms with Crippen molar-refractivity contribution in [1.29, 1.82) is 0 Å². The summed E-state index contributed by atoms with van der Waals surface area (Å²) in [6.07, 6.45) is 0. The number of hydrogen-bond donors (Lipinski definition) is 2. The van der Waals surface area contributed by atoms with E-state index in [9.17, 15) is 14.3 Å². The molecule has 1 aromatic rings. The van der Waals surface area contributed by atoms with E-state index in [0.29, 0.717) is 5.56 Å². The Bertz CT molecular complexity index is 382. The zero-order valence-electron chi connectivity index (χ0n) is 8.84. The Balaban J connectivity index is 3.39. The van der Waals surface area contributed by atoms with Gasteiger partial charge in [0.25, 0.3) is 0 Å². The first kappa shape index (κ1) is 11.5. The number of carboxylic acid groups (broad SMARTS) is 1. The Morgan fingerprint density at radius 2 is 1.87 bits per heavy atom. The van der Waals surface area contributed by atoms with Crippen LogP contribution < -0.4 is 0 Å². The fraction of sp³-hybridized carbons (Fsp3) is 0.364. The molecule has 3 nitrogen and oxygen atoms in total. The smallest absolute Gasteiger partial charge is 0.342 e. The molecule has 15 heavy (non-hydrogen) atoms. The van der Waals surface area contributed by atoms with E-state index in [1.54, 1.807) is 0 Å². The van der Waals surface area contributed by atoms with Gasteiger partial charge in [-0.25, -0.2) is 9.18 Å². The van der Waals surface area contributed by atoms with Crippen molar-refractivity contribution in [3.63, 3.8) is 0 Å². The molecule has 0 spiro atoms. The molecule has 0 saturated heterocycles. The SMILES string of the molecule is CC(C)(C)c1cc(O)c(C(=O)O)c(F)c1. The van der Waals surface area contributed by atoms with Crippen molar-refractivity contribution >= 4 is 5.97 Å². The Kier molecular flexibility index (Phi) is 2.71. The monoisotopic (exact) mass is 212 g/mol. The number of carbonyl (C=O) groups is 1. The summed E-state index contributed by atoms with van der Waals surface area (Å²) in [6.45, 7) is 5.55. The van der Waals surface area contributed by atoms with E-state index in [0.717, 1.165) is 6.07 Å². The number of halogens is 1. The number of hydrogen-bond acceptors (Lipinski definition) is 2. The molecule has 0 aliphatic rings. The number of phenols is 1. The van der Waals surface area contributed by atoms with Crippen LogP contribution in [0.1, 0.15) is 36.7 Å².